The summed E-state index contributed by atoms with van der Waals surface area (Å²) < 4.78 is 1.34. The molecule has 0 amide bonds. The smallest absolute Gasteiger partial charge is 0.0476 e. The first kappa shape index (κ1) is 31.1. The molecule has 0 unspecified atom stereocenters. The lowest BCUT2D eigenvalue weighted by molar-refractivity contribution is 1.01. The van der Waals surface area contributed by atoms with Crippen molar-refractivity contribution in [2.24, 2.45) is 0 Å². The van der Waals surface area contributed by atoms with Crippen LogP contribution < -0.4 is 4.90 Å². The summed E-state index contributed by atoms with van der Waals surface area (Å²) in [5.41, 5.74) is 9.77. The van der Waals surface area contributed by atoms with Gasteiger partial charge in [0, 0.05) is 26.6 Å². The van der Waals surface area contributed by atoms with Crippen molar-refractivity contribution >= 4 is 87.7 Å². The lowest BCUT2D eigenvalue weighted by Gasteiger charge is -2.26. The van der Waals surface area contributed by atoms with E-state index in [1.165, 1.54) is 85.9 Å². The standard InChI is InChI=1S/C52H35NS/c1-3-12-45-35(8-1)16-18-37-20-22-40(31-49(37)45)34-24-26-42(27-25-34)53(44-28-29-48-47-14-5-6-15-51(47)54-52(48)33-44)43-11-7-10-39(30-43)41-23-21-38-19-17-36-9-2-4-13-46(36)50(38)32-41/h1-4,6-13,15-33H,5,14H2. The van der Waals surface area contributed by atoms with Crippen LogP contribution in [0.3, 0.4) is 0 Å². The van der Waals surface area contributed by atoms with Gasteiger partial charge in [0.25, 0.3) is 0 Å². The van der Waals surface area contributed by atoms with Crippen LogP contribution in [-0.2, 0) is 6.42 Å². The Morgan fingerprint density at radius 1 is 0.389 bits per heavy atom. The molecule has 0 aliphatic heterocycles. The minimum atomic E-state index is 1.11. The van der Waals surface area contributed by atoms with Crippen LogP contribution in [0.5, 0.6) is 0 Å². The van der Waals surface area contributed by atoms with E-state index in [1.807, 2.05) is 11.3 Å². The third-order valence-electron chi connectivity index (χ3n) is 11.3. The van der Waals surface area contributed by atoms with Gasteiger partial charge in [0.2, 0.25) is 0 Å². The van der Waals surface area contributed by atoms with Crippen LogP contribution in [0, 0.1) is 0 Å². The van der Waals surface area contributed by atoms with Crippen molar-refractivity contribution in [1.82, 2.24) is 0 Å². The predicted molar refractivity (Wildman–Crippen MR) is 235 cm³/mol. The summed E-state index contributed by atoms with van der Waals surface area (Å²) in [6.07, 6.45) is 6.85. The largest absolute Gasteiger partial charge is 0.310 e. The van der Waals surface area contributed by atoms with E-state index < -0.39 is 0 Å². The third kappa shape index (κ3) is 5.22. The Labute approximate surface area is 318 Å². The van der Waals surface area contributed by atoms with E-state index in [0.717, 1.165) is 29.9 Å². The highest BCUT2D eigenvalue weighted by Crippen LogP contribution is 2.43. The molecule has 1 nitrogen and oxygen atoms in total. The van der Waals surface area contributed by atoms with Crippen LogP contribution in [0.15, 0.2) is 182 Å². The lowest BCUT2D eigenvalue weighted by Crippen LogP contribution is -2.10. The molecule has 0 saturated heterocycles. The van der Waals surface area contributed by atoms with E-state index in [9.17, 15) is 0 Å². The number of aryl methyl sites for hydroxylation is 1. The fourth-order valence-corrected chi connectivity index (χ4v) is 9.76. The maximum absolute atomic E-state index is 2.42. The lowest BCUT2D eigenvalue weighted by atomic mass is 9.96. The molecule has 1 aromatic heterocycles. The molecular weight excluding hydrogens is 671 g/mol. The zero-order valence-corrected chi connectivity index (χ0v) is 30.5. The second-order valence-corrected chi connectivity index (χ2v) is 15.5. The molecule has 1 aliphatic carbocycles. The summed E-state index contributed by atoms with van der Waals surface area (Å²) in [6.45, 7) is 0. The molecule has 1 aliphatic rings. The third-order valence-corrected chi connectivity index (χ3v) is 12.4. The average Bonchev–Trinajstić information content (AvgIpc) is 3.62. The number of hydrogen-bond donors (Lipinski definition) is 0. The highest BCUT2D eigenvalue weighted by Gasteiger charge is 2.18. The molecule has 0 bridgehead atoms. The molecule has 54 heavy (non-hydrogen) atoms. The van der Waals surface area contributed by atoms with Crippen LogP contribution in [0.4, 0.5) is 17.1 Å². The SMILES string of the molecule is C1=Cc2sc3cc(N(c4ccc(-c5ccc6ccc7ccccc7c6c5)cc4)c4cccc(-c5ccc6ccc7ccccc7c6c5)c4)ccc3c2CC1. The number of rotatable bonds is 5. The Kier molecular flexibility index (Phi) is 7.24. The summed E-state index contributed by atoms with van der Waals surface area (Å²) in [5, 5.41) is 11.6. The van der Waals surface area contributed by atoms with Gasteiger partial charge in [-0.2, -0.15) is 0 Å². The van der Waals surface area contributed by atoms with Crippen LogP contribution >= 0.6 is 11.3 Å². The van der Waals surface area contributed by atoms with Gasteiger partial charge >= 0.3 is 0 Å². The molecule has 0 atom stereocenters. The average molecular weight is 706 g/mol. The van der Waals surface area contributed by atoms with Crippen LogP contribution in [0.2, 0.25) is 0 Å². The Morgan fingerprint density at radius 2 is 0.944 bits per heavy atom. The van der Waals surface area contributed by atoms with E-state index in [-0.39, 0.29) is 0 Å². The van der Waals surface area contributed by atoms with E-state index >= 15 is 0 Å². The summed E-state index contributed by atoms with van der Waals surface area (Å²) in [5.74, 6) is 0. The monoisotopic (exact) mass is 705 g/mol. The normalized spacial score (nSPS) is 12.6. The molecule has 0 N–H and O–H groups in total. The molecular formula is C52H35NS. The molecule has 0 saturated carbocycles. The number of benzene rings is 9. The summed E-state index contributed by atoms with van der Waals surface area (Å²) >= 11 is 1.91. The predicted octanol–water partition coefficient (Wildman–Crippen LogP) is 15.3. The van der Waals surface area contributed by atoms with Gasteiger partial charge in [-0.15, -0.1) is 11.3 Å². The first-order valence-electron chi connectivity index (χ1n) is 18.8. The van der Waals surface area contributed by atoms with Crippen molar-refractivity contribution in [3.05, 3.63) is 192 Å². The van der Waals surface area contributed by atoms with E-state index in [4.69, 9.17) is 0 Å². The van der Waals surface area contributed by atoms with Crippen molar-refractivity contribution in [2.75, 3.05) is 4.90 Å². The topological polar surface area (TPSA) is 3.24 Å². The summed E-state index contributed by atoms with van der Waals surface area (Å²) in [7, 11) is 0. The van der Waals surface area contributed by atoms with Gasteiger partial charge in [0.1, 0.15) is 0 Å². The van der Waals surface area contributed by atoms with E-state index in [1.54, 1.807) is 0 Å². The van der Waals surface area contributed by atoms with Crippen molar-refractivity contribution in [3.8, 4) is 22.3 Å². The maximum Gasteiger partial charge on any atom is 0.0476 e. The number of allylic oxidation sites excluding steroid dienone is 1. The van der Waals surface area contributed by atoms with Gasteiger partial charge in [-0.3, -0.25) is 0 Å². The number of anilines is 3. The van der Waals surface area contributed by atoms with Gasteiger partial charge in [0.05, 0.1) is 0 Å². The second kappa shape index (κ2) is 12.6. The molecule has 0 fully saturated rings. The highest BCUT2D eigenvalue weighted by atomic mass is 32.1. The molecule has 0 radical (unpaired) electrons. The summed E-state index contributed by atoms with van der Waals surface area (Å²) in [6, 6.07) is 65.2. The summed E-state index contributed by atoms with van der Waals surface area (Å²) in [4.78, 5) is 3.82. The molecule has 9 aromatic carbocycles. The molecule has 1 heterocycles. The van der Waals surface area contributed by atoms with Gasteiger partial charge in [-0.25, -0.2) is 0 Å². The van der Waals surface area contributed by atoms with Crippen molar-refractivity contribution in [1.29, 1.82) is 0 Å². The minimum absolute atomic E-state index is 1.11. The van der Waals surface area contributed by atoms with E-state index in [2.05, 4.69) is 193 Å². The van der Waals surface area contributed by atoms with Gasteiger partial charge in [0.15, 0.2) is 0 Å². The van der Waals surface area contributed by atoms with Crippen LogP contribution in [0.1, 0.15) is 16.9 Å². The zero-order chi connectivity index (χ0) is 35.6. The first-order chi connectivity index (χ1) is 26.7. The van der Waals surface area contributed by atoms with Crippen LogP contribution in [0.25, 0.3) is 81.5 Å². The zero-order valence-electron chi connectivity index (χ0n) is 29.7. The number of hydrogen-bond acceptors (Lipinski definition) is 2. The molecule has 2 heteroatoms. The molecule has 10 aromatic rings. The highest BCUT2D eigenvalue weighted by molar-refractivity contribution is 7.20. The second-order valence-electron chi connectivity index (χ2n) is 14.4. The van der Waals surface area contributed by atoms with Crippen molar-refractivity contribution in [2.45, 2.75) is 12.8 Å². The van der Waals surface area contributed by atoms with Gasteiger partial charge in [-0.1, -0.05) is 133 Å². The Balaban J connectivity index is 1.03. The Bertz CT molecular complexity index is 3110. The van der Waals surface area contributed by atoms with Crippen molar-refractivity contribution < 1.29 is 0 Å². The van der Waals surface area contributed by atoms with E-state index in [0.29, 0.717) is 0 Å². The molecule has 0 spiro atoms. The van der Waals surface area contributed by atoms with Gasteiger partial charge in [-0.05, 0) is 144 Å². The number of nitrogens with zero attached hydrogens (tertiary/aromatic N) is 1. The first-order valence-corrected chi connectivity index (χ1v) is 19.6. The number of fused-ring (bicyclic) bond motifs is 9. The molecule has 11 rings (SSSR count). The van der Waals surface area contributed by atoms with Crippen LogP contribution in [-0.4, -0.2) is 0 Å². The van der Waals surface area contributed by atoms with Crippen molar-refractivity contribution in [3.63, 3.8) is 0 Å². The number of thiophene rings is 1. The quantitative estimate of drug-likeness (QED) is 0.161. The minimum Gasteiger partial charge on any atom is -0.310 e. The Hall–Kier alpha value is -6.48. The van der Waals surface area contributed by atoms with Gasteiger partial charge < -0.3 is 4.90 Å². The fraction of sp³-hybridized carbons (Fsp3) is 0.0385. The fourth-order valence-electron chi connectivity index (χ4n) is 8.55. The molecule has 254 valence electrons. The Morgan fingerprint density at radius 3 is 1.65 bits per heavy atom. The maximum atomic E-state index is 2.42.